The number of likely N-dealkylation sites (tertiary alicyclic amines) is 1. The second-order valence-corrected chi connectivity index (χ2v) is 7.62. The molecule has 0 aliphatic carbocycles. The van der Waals surface area contributed by atoms with Gasteiger partial charge >= 0.3 is 0 Å². The molecule has 0 spiro atoms. The highest BCUT2D eigenvalue weighted by molar-refractivity contribution is 5.98. The molecule has 4 rings (SSSR count). The summed E-state index contributed by atoms with van der Waals surface area (Å²) >= 11 is 0. The zero-order valence-corrected chi connectivity index (χ0v) is 16.5. The Morgan fingerprint density at radius 3 is 2.71 bits per heavy atom. The van der Waals surface area contributed by atoms with Crippen molar-refractivity contribution in [1.29, 1.82) is 0 Å². The molecule has 146 valence electrons. The van der Waals surface area contributed by atoms with Crippen molar-refractivity contribution in [2.45, 2.75) is 19.3 Å². The third-order valence-corrected chi connectivity index (χ3v) is 5.75. The summed E-state index contributed by atoms with van der Waals surface area (Å²) in [5, 5.41) is 3.29. The summed E-state index contributed by atoms with van der Waals surface area (Å²) < 4.78 is 0. The van der Waals surface area contributed by atoms with Crippen molar-refractivity contribution in [3.8, 4) is 0 Å². The van der Waals surface area contributed by atoms with E-state index in [2.05, 4.69) is 51.6 Å². The van der Waals surface area contributed by atoms with Crippen LogP contribution in [0.3, 0.4) is 0 Å². The second kappa shape index (κ2) is 8.46. The van der Waals surface area contributed by atoms with Gasteiger partial charge in [-0.15, -0.1) is 0 Å². The Morgan fingerprint density at radius 2 is 1.89 bits per heavy atom. The summed E-state index contributed by atoms with van der Waals surface area (Å²) in [6.45, 7) is 3.01. The van der Waals surface area contributed by atoms with Crippen LogP contribution >= 0.6 is 0 Å². The zero-order chi connectivity index (χ0) is 19.3. The lowest BCUT2D eigenvalue weighted by atomic mass is 9.99. The first-order valence-electron chi connectivity index (χ1n) is 10.1. The van der Waals surface area contributed by atoms with Crippen molar-refractivity contribution in [2.24, 2.45) is 10.9 Å². The fourth-order valence-corrected chi connectivity index (χ4v) is 4.32. The van der Waals surface area contributed by atoms with Crippen LogP contribution in [-0.2, 0) is 17.6 Å². The van der Waals surface area contributed by atoms with Crippen LogP contribution in [0.5, 0.6) is 0 Å². The van der Waals surface area contributed by atoms with Gasteiger partial charge in [-0.1, -0.05) is 48.5 Å². The van der Waals surface area contributed by atoms with Gasteiger partial charge in [0.25, 0.3) is 0 Å². The van der Waals surface area contributed by atoms with Crippen molar-refractivity contribution in [3.05, 3.63) is 65.7 Å². The normalized spacial score (nSPS) is 19.0. The molecule has 1 saturated heterocycles. The van der Waals surface area contributed by atoms with Crippen LogP contribution in [0.4, 0.5) is 5.69 Å². The quantitative estimate of drug-likeness (QED) is 0.659. The molecule has 0 aromatic heterocycles. The molecule has 2 aliphatic rings. The van der Waals surface area contributed by atoms with Gasteiger partial charge in [-0.3, -0.25) is 9.79 Å². The number of benzene rings is 2. The maximum atomic E-state index is 12.7. The molecule has 1 unspecified atom stereocenters. The average molecular weight is 377 g/mol. The number of aliphatic imine (C=N–C) groups is 1. The van der Waals surface area contributed by atoms with Crippen molar-refractivity contribution >= 4 is 17.6 Å². The van der Waals surface area contributed by atoms with E-state index in [0.29, 0.717) is 5.92 Å². The molecule has 2 heterocycles. The van der Waals surface area contributed by atoms with E-state index in [9.17, 15) is 4.79 Å². The highest BCUT2D eigenvalue weighted by atomic mass is 16.2. The molecule has 0 saturated carbocycles. The molecule has 1 N–H and O–H groups in total. The largest absolute Gasteiger partial charge is 0.347 e. The van der Waals surface area contributed by atoms with Gasteiger partial charge in [-0.05, 0) is 42.4 Å². The third kappa shape index (κ3) is 4.03. The fraction of sp³-hybridized carbons (Fsp3) is 0.391. The van der Waals surface area contributed by atoms with Crippen LogP contribution in [-0.4, -0.2) is 50.0 Å². The highest BCUT2D eigenvalue weighted by Crippen LogP contribution is 2.27. The lowest BCUT2D eigenvalue weighted by Crippen LogP contribution is -2.45. The Hall–Kier alpha value is -2.82. The predicted octanol–water partition coefficient (Wildman–Crippen LogP) is 2.72. The molecule has 1 amide bonds. The number of hydrogen-bond acceptors (Lipinski definition) is 2. The van der Waals surface area contributed by atoms with E-state index < -0.39 is 0 Å². The number of carbonyl (C=O) groups excluding carboxylic acids is 1. The smallest absolute Gasteiger partial charge is 0.246 e. The Morgan fingerprint density at radius 1 is 1.11 bits per heavy atom. The SMILES string of the molecule is CN=C(NCC(=O)N1CCc2ccccc21)N1CCC(Cc2ccccc2)C1. The lowest BCUT2D eigenvalue weighted by Gasteiger charge is -2.23. The molecule has 0 bridgehead atoms. The van der Waals surface area contributed by atoms with Crippen LogP contribution < -0.4 is 10.2 Å². The van der Waals surface area contributed by atoms with Crippen molar-refractivity contribution in [3.63, 3.8) is 0 Å². The minimum Gasteiger partial charge on any atom is -0.347 e. The topological polar surface area (TPSA) is 47.9 Å². The number of anilines is 1. The Balaban J connectivity index is 1.30. The van der Waals surface area contributed by atoms with Crippen molar-refractivity contribution in [1.82, 2.24) is 10.2 Å². The molecule has 5 nitrogen and oxygen atoms in total. The summed E-state index contributed by atoms with van der Waals surface area (Å²) in [4.78, 5) is 21.3. The van der Waals surface area contributed by atoms with Gasteiger partial charge in [0, 0.05) is 32.4 Å². The maximum absolute atomic E-state index is 12.7. The van der Waals surface area contributed by atoms with Gasteiger partial charge in [-0.2, -0.15) is 0 Å². The summed E-state index contributed by atoms with van der Waals surface area (Å²) in [6.07, 6.45) is 3.19. The predicted molar refractivity (Wildman–Crippen MR) is 114 cm³/mol. The summed E-state index contributed by atoms with van der Waals surface area (Å²) in [6, 6.07) is 18.8. The number of rotatable bonds is 4. The molecular weight excluding hydrogens is 348 g/mol. The number of carbonyl (C=O) groups is 1. The Kier molecular flexibility index (Phi) is 5.60. The number of fused-ring (bicyclic) bond motifs is 1. The van der Waals surface area contributed by atoms with Gasteiger partial charge < -0.3 is 15.1 Å². The van der Waals surface area contributed by atoms with Crippen molar-refractivity contribution in [2.75, 3.05) is 38.1 Å². The Labute approximate surface area is 167 Å². The van der Waals surface area contributed by atoms with E-state index in [1.807, 2.05) is 23.1 Å². The van der Waals surface area contributed by atoms with Crippen LogP contribution in [0.1, 0.15) is 17.5 Å². The molecule has 2 aromatic carbocycles. The van der Waals surface area contributed by atoms with E-state index in [4.69, 9.17) is 0 Å². The van der Waals surface area contributed by atoms with Gasteiger partial charge in [0.1, 0.15) is 0 Å². The maximum Gasteiger partial charge on any atom is 0.246 e. The third-order valence-electron chi connectivity index (χ3n) is 5.75. The van der Waals surface area contributed by atoms with E-state index in [0.717, 1.165) is 50.5 Å². The first-order chi connectivity index (χ1) is 13.7. The lowest BCUT2D eigenvalue weighted by molar-refractivity contribution is -0.117. The molecule has 0 radical (unpaired) electrons. The van der Waals surface area contributed by atoms with E-state index in [1.54, 1.807) is 7.05 Å². The molecule has 1 atom stereocenters. The standard InChI is InChI=1S/C23H28N4O/c1-24-23(26-13-11-19(17-26)15-18-7-3-2-4-8-18)25-16-22(28)27-14-12-20-9-5-6-10-21(20)27/h2-10,19H,11-17H2,1H3,(H,24,25). The molecular formula is C23H28N4O. The zero-order valence-electron chi connectivity index (χ0n) is 16.5. The summed E-state index contributed by atoms with van der Waals surface area (Å²) in [5.41, 5.74) is 3.69. The fourth-order valence-electron chi connectivity index (χ4n) is 4.32. The molecule has 1 fully saturated rings. The number of nitrogens with one attached hydrogen (secondary N) is 1. The average Bonchev–Trinajstić information content (AvgIpc) is 3.36. The Bertz CT molecular complexity index is 849. The monoisotopic (exact) mass is 376 g/mol. The summed E-state index contributed by atoms with van der Waals surface area (Å²) in [5.74, 6) is 1.56. The highest BCUT2D eigenvalue weighted by Gasteiger charge is 2.27. The first-order valence-corrected chi connectivity index (χ1v) is 10.1. The molecule has 5 heteroatoms. The van der Waals surface area contributed by atoms with Crippen LogP contribution in [0.15, 0.2) is 59.6 Å². The van der Waals surface area contributed by atoms with Crippen LogP contribution in [0.25, 0.3) is 0 Å². The van der Waals surface area contributed by atoms with Gasteiger partial charge in [0.15, 0.2) is 5.96 Å². The number of nitrogens with zero attached hydrogens (tertiary/aromatic N) is 3. The molecule has 2 aliphatic heterocycles. The van der Waals surface area contributed by atoms with Crippen LogP contribution in [0, 0.1) is 5.92 Å². The number of para-hydroxylation sites is 1. The number of hydrogen-bond donors (Lipinski definition) is 1. The van der Waals surface area contributed by atoms with Crippen molar-refractivity contribution < 1.29 is 4.79 Å². The van der Waals surface area contributed by atoms with Gasteiger partial charge in [0.05, 0.1) is 6.54 Å². The van der Waals surface area contributed by atoms with E-state index in [1.165, 1.54) is 11.1 Å². The minimum atomic E-state index is 0.103. The van der Waals surface area contributed by atoms with Crippen LogP contribution in [0.2, 0.25) is 0 Å². The number of guanidine groups is 1. The molecule has 2 aromatic rings. The first kappa shape index (κ1) is 18.5. The minimum absolute atomic E-state index is 0.103. The number of amides is 1. The van der Waals surface area contributed by atoms with Gasteiger partial charge in [-0.25, -0.2) is 0 Å². The van der Waals surface area contributed by atoms with E-state index in [-0.39, 0.29) is 12.5 Å². The molecule has 28 heavy (non-hydrogen) atoms. The second-order valence-electron chi connectivity index (χ2n) is 7.62. The van der Waals surface area contributed by atoms with E-state index >= 15 is 0 Å². The summed E-state index contributed by atoms with van der Waals surface area (Å²) in [7, 11) is 1.79. The van der Waals surface area contributed by atoms with Gasteiger partial charge in [0.2, 0.25) is 5.91 Å².